The van der Waals surface area contributed by atoms with Crippen molar-refractivity contribution in [2.45, 2.75) is 38.3 Å². The molecule has 0 saturated heterocycles. The monoisotopic (exact) mass is 418 g/mol. The predicted molar refractivity (Wildman–Crippen MR) is 115 cm³/mol. The lowest BCUT2D eigenvalue weighted by Crippen LogP contribution is -2.86. The highest BCUT2D eigenvalue weighted by Crippen LogP contribution is 2.18. The van der Waals surface area contributed by atoms with E-state index >= 15 is 0 Å². The van der Waals surface area contributed by atoms with E-state index in [0.717, 1.165) is 11.1 Å². The Morgan fingerprint density at radius 2 is 1.59 bits per heavy atom. The highest BCUT2D eigenvalue weighted by molar-refractivity contribution is 7.89. The van der Waals surface area contributed by atoms with Gasteiger partial charge in [0.05, 0.1) is 4.90 Å². The van der Waals surface area contributed by atoms with Crippen molar-refractivity contribution in [1.29, 1.82) is 0 Å². The second-order valence-electron chi connectivity index (χ2n) is 7.12. The molecule has 0 spiro atoms. The molecular formula is C22H32N3O3S+. The summed E-state index contributed by atoms with van der Waals surface area (Å²) in [4.78, 5) is 14.4. The maximum atomic E-state index is 12.6. The molecule has 1 atom stereocenters. The van der Waals surface area contributed by atoms with Gasteiger partial charge in [0.15, 0.2) is 6.54 Å². The fourth-order valence-corrected chi connectivity index (χ4v) is 4.63. The van der Waals surface area contributed by atoms with Crippen molar-refractivity contribution in [1.82, 2.24) is 9.21 Å². The summed E-state index contributed by atoms with van der Waals surface area (Å²) in [5.74, 6) is 0.0569. The van der Waals surface area contributed by atoms with Gasteiger partial charge >= 0.3 is 0 Å². The lowest BCUT2D eigenvalue weighted by Gasteiger charge is -2.19. The van der Waals surface area contributed by atoms with Crippen LogP contribution in [0.25, 0.3) is 0 Å². The minimum atomic E-state index is -3.45. The van der Waals surface area contributed by atoms with E-state index in [-0.39, 0.29) is 11.9 Å². The number of hydrogen-bond acceptors (Lipinski definition) is 3. The van der Waals surface area contributed by atoms with Crippen molar-refractivity contribution in [2.75, 3.05) is 26.7 Å². The molecule has 2 rings (SSSR count). The Labute approximate surface area is 174 Å². The van der Waals surface area contributed by atoms with Gasteiger partial charge < -0.3 is 10.2 Å². The Hall–Kier alpha value is -2.22. The minimum absolute atomic E-state index is 0.0503. The Morgan fingerprint density at radius 1 is 1.00 bits per heavy atom. The molecule has 0 saturated carbocycles. The van der Waals surface area contributed by atoms with Crippen molar-refractivity contribution < 1.29 is 18.5 Å². The molecular weight excluding hydrogens is 386 g/mol. The minimum Gasteiger partial charge on any atom is -0.337 e. The molecule has 0 unspecified atom stereocenters. The third-order valence-corrected chi connectivity index (χ3v) is 7.15. The van der Waals surface area contributed by atoms with Crippen molar-refractivity contribution in [3.8, 4) is 0 Å². The van der Waals surface area contributed by atoms with Gasteiger partial charge in [-0.3, -0.25) is 4.79 Å². The molecule has 0 aliphatic heterocycles. The number of quaternary nitrogens is 1. The predicted octanol–water partition coefficient (Wildman–Crippen LogP) is 2.00. The molecule has 29 heavy (non-hydrogen) atoms. The van der Waals surface area contributed by atoms with Crippen LogP contribution in [0.2, 0.25) is 0 Å². The van der Waals surface area contributed by atoms with Crippen molar-refractivity contribution in [3.63, 3.8) is 0 Å². The van der Waals surface area contributed by atoms with Gasteiger partial charge in [0.25, 0.3) is 5.91 Å². The maximum Gasteiger partial charge on any atom is 0.277 e. The van der Waals surface area contributed by atoms with Gasteiger partial charge in [-0.1, -0.05) is 56.3 Å². The standard InChI is InChI=1S/C22H31N3O3S/c1-5-25(6-2)29(27,28)21-14-12-20(13-15-21)18(3)23-16-22(26)24(4)17-19-10-8-7-9-11-19/h7-15,18,23H,5-6,16-17H2,1-4H3/p+1/t18-/m0/s1. The Morgan fingerprint density at radius 3 is 2.14 bits per heavy atom. The van der Waals surface area contributed by atoms with Crippen LogP contribution < -0.4 is 5.32 Å². The average Bonchev–Trinajstić information content (AvgIpc) is 2.73. The summed E-state index contributed by atoms with van der Waals surface area (Å²) in [7, 11) is -1.64. The number of nitrogens with zero attached hydrogens (tertiary/aromatic N) is 2. The number of carbonyl (C=O) groups is 1. The molecule has 6 nitrogen and oxygen atoms in total. The molecule has 0 bridgehead atoms. The van der Waals surface area contributed by atoms with Crippen molar-refractivity contribution >= 4 is 15.9 Å². The summed E-state index contributed by atoms with van der Waals surface area (Å²) in [5.41, 5.74) is 2.09. The second-order valence-corrected chi connectivity index (χ2v) is 9.06. The second kappa shape index (κ2) is 10.5. The van der Waals surface area contributed by atoms with Gasteiger partial charge in [-0.05, 0) is 24.6 Å². The summed E-state index contributed by atoms with van der Waals surface area (Å²) in [5, 5.41) is 1.97. The number of nitrogens with two attached hydrogens (primary N) is 1. The van der Waals surface area contributed by atoms with E-state index in [1.807, 2.05) is 68.6 Å². The van der Waals surface area contributed by atoms with Crippen LogP contribution in [-0.2, 0) is 21.4 Å². The fourth-order valence-electron chi connectivity index (χ4n) is 3.17. The molecule has 0 heterocycles. The first kappa shape index (κ1) is 23.1. The van der Waals surface area contributed by atoms with E-state index in [4.69, 9.17) is 0 Å². The zero-order valence-corrected chi connectivity index (χ0v) is 18.5. The van der Waals surface area contributed by atoms with Gasteiger partial charge in [-0.25, -0.2) is 8.42 Å². The molecule has 0 aliphatic rings. The van der Waals surface area contributed by atoms with E-state index in [9.17, 15) is 13.2 Å². The van der Waals surface area contributed by atoms with Crippen LogP contribution in [0, 0.1) is 0 Å². The van der Waals surface area contributed by atoms with Gasteiger partial charge in [0, 0.05) is 32.2 Å². The van der Waals surface area contributed by atoms with Gasteiger partial charge in [-0.2, -0.15) is 4.31 Å². The highest BCUT2D eigenvalue weighted by Gasteiger charge is 2.22. The van der Waals surface area contributed by atoms with E-state index in [1.165, 1.54) is 4.31 Å². The van der Waals surface area contributed by atoms with Crippen molar-refractivity contribution in [2.24, 2.45) is 0 Å². The Kier molecular flexibility index (Phi) is 8.37. The van der Waals surface area contributed by atoms with E-state index in [0.29, 0.717) is 31.1 Å². The lowest BCUT2D eigenvalue weighted by molar-refractivity contribution is -0.683. The molecule has 158 valence electrons. The smallest absolute Gasteiger partial charge is 0.277 e. The zero-order valence-electron chi connectivity index (χ0n) is 17.7. The third kappa shape index (κ3) is 6.13. The zero-order chi connectivity index (χ0) is 21.4. The number of benzene rings is 2. The van der Waals surface area contributed by atoms with Crippen LogP contribution >= 0.6 is 0 Å². The molecule has 7 heteroatoms. The van der Waals surface area contributed by atoms with Crippen LogP contribution in [0.3, 0.4) is 0 Å². The SMILES string of the molecule is CCN(CC)S(=O)(=O)c1ccc([C@H](C)[NH2+]CC(=O)N(C)Cc2ccccc2)cc1. The van der Waals surface area contributed by atoms with Crippen LogP contribution in [-0.4, -0.2) is 50.2 Å². The number of sulfonamides is 1. The Balaban J connectivity index is 1.93. The number of hydrogen-bond donors (Lipinski definition) is 1. The summed E-state index contributed by atoms with van der Waals surface area (Å²) in [6, 6.07) is 16.9. The summed E-state index contributed by atoms with van der Waals surface area (Å²) < 4.78 is 26.6. The van der Waals surface area contributed by atoms with E-state index in [1.54, 1.807) is 24.1 Å². The molecule has 1 amide bonds. The summed E-state index contributed by atoms with van der Waals surface area (Å²) >= 11 is 0. The normalized spacial score (nSPS) is 12.7. The molecule has 0 fully saturated rings. The topological polar surface area (TPSA) is 74.3 Å². The van der Waals surface area contributed by atoms with Crippen LogP contribution in [0.15, 0.2) is 59.5 Å². The van der Waals surface area contributed by atoms with E-state index in [2.05, 4.69) is 0 Å². The van der Waals surface area contributed by atoms with E-state index < -0.39 is 10.0 Å². The summed E-state index contributed by atoms with van der Waals surface area (Å²) in [6.07, 6.45) is 0. The number of carbonyl (C=O) groups excluding carboxylic acids is 1. The quantitative estimate of drug-likeness (QED) is 0.641. The Bertz CT molecular complexity index is 879. The average molecular weight is 419 g/mol. The number of rotatable bonds is 10. The first-order valence-electron chi connectivity index (χ1n) is 10.0. The maximum absolute atomic E-state index is 12.6. The highest BCUT2D eigenvalue weighted by atomic mass is 32.2. The van der Waals surface area contributed by atoms with Gasteiger partial charge in [-0.15, -0.1) is 0 Å². The first-order chi connectivity index (χ1) is 13.8. The summed E-state index contributed by atoms with van der Waals surface area (Å²) in [6.45, 7) is 7.49. The molecule has 0 aromatic heterocycles. The molecule has 2 N–H and O–H groups in total. The molecule has 0 aliphatic carbocycles. The van der Waals surface area contributed by atoms with Crippen LogP contribution in [0.4, 0.5) is 0 Å². The third-order valence-electron chi connectivity index (χ3n) is 5.08. The number of amides is 1. The van der Waals surface area contributed by atoms with Crippen LogP contribution in [0.5, 0.6) is 0 Å². The van der Waals surface area contributed by atoms with Crippen molar-refractivity contribution in [3.05, 3.63) is 65.7 Å². The molecule has 2 aromatic rings. The fraction of sp³-hybridized carbons (Fsp3) is 0.409. The molecule has 0 radical (unpaired) electrons. The van der Waals surface area contributed by atoms with Gasteiger partial charge in [0.2, 0.25) is 10.0 Å². The van der Waals surface area contributed by atoms with Gasteiger partial charge in [0.1, 0.15) is 6.04 Å². The lowest BCUT2D eigenvalue weighted by atomic mass is 10.1. The van der Waals surface area contributed by atoms with Crippen LogP contribution in [0.1, 0.15) is 37.9 Å². The number of likely N-dealkylation sites (N-methyl/N-ethyl adjacent to an activating group) is 1. The molecule has 2 aromatic carbocycles. The first-order valence-corrected chi connectivity index (χ1v) is 11.4. The largest absolute Gasteiger partial charge is 0.337 e.